The van der Waals surface area contributed by atoms with Crippen molar-refractivity contribution in [1.29, 1.82) is 0 Å². The maximum atomic E-state index is 13.5. The van der Waals surface area contributed by atoms with Crippen LogP contribution in [0.3, 0.4) is 0 Å². The number of halogens is 1. The SMILES string of the molecule is CC(C)(C)[C@H](NC(=O)c1nn(Cc2ccc(F)cc2)c2ccccc12)C(=O)N1CCN(CC(N)=O)CC1. The Morgan fingerprint density at radius 3 is 2.30 bits per heavy atom. The van der Waals surface area contributed by atoms with Gasteiger partial charge in [0.15, 0.2) is 5.69 Å². The molecule has 3 amide bonds. The normalized spacial score (nSPS) is 15.5. The fourth-order valence-electron chi connectivity index (χ4n) is 4.56. The molecule has 0 spiro atoms. The summed E-state index contributed by atoms with van der Waals surface area (Å²) in [6.45, 7) is 8.23. The van der Waals surface area contributed by atoms with Crippen LogP contribution in [0.1, 0.15) is 36.8 Å². The van der Waals surface area contributed by atoms with Gasteiger partial charge in [-0.2, -0.15) is 5.10 Å². The van der Waals surface area contributed by atoms with Crippen molar-refractivity contribution in [1.82, 2.24) is 24.9 Å². The van der Waals surface area contributed by atoms with Gasteiger partial charge in [0.1, 0.15) is 11.9 Å². The highest BCUT2D eigenvalue weighted by Crippen LogP contribution is 2.24. The lowest BCUT2D eigenvalue weighted by molar-refractivity contribution is -0.137. The first-order chi connectivity index (χ1) is 17.5. The van der Waals surface area contributed by atoms with Gasteiger partial charge in [-0.1, -0.05) is 51.1 Å². The summed E-state index contributed by atoms with van der Waals surface area (Å²) in [7, 11) is 0. The van der Waals surface area contributed by atoms with Crippen molar-refractivity contribution in [3.63, 3.8) is 0 Å². The average molecular weight is 509 g/mol. The van der Waals surface area contributed by atoms with E-state index in [0.29, 0.717) is 38.1 Å². The molecule has 1 fully saturated rings. The minimum absolute atomic E-state index is 0.162. The molecule has 2 aromatic carbocycles. The molecule has 0 bridgehead atoms. The fraction of sp³-hybridized carbons (Fsp3) is 0.407. The Morgan fingerprint density at radius 2 is 1.68 bits per heavy atom. The minimum atomic E-state index is -0.774. The summed E-state index contributed by atoms with van der Waals surface area (Å²) in [5, 5.41) is 8.20. The number of fused-ring (bicyclic) bond motifs is 1. The first kappa shape index (κ1) is 26.3. The maximum absolute atomic E-state index is 13.5. The van der Waals surface area contributed by atoms with Gasteiger partial charge in [-0.15, -0.1) is 0 Å². The van der Waals surface area contributed by atoms with E-state index in [1.807, 2.05) is 49.9 Å². The quantitative estimate of drug-likeness (QED) is 0.507. The molecular formula is C27H33FN6O3. The largest absolute Gasteiger partial charge is 0.369 e. The number of nitrogens with one attached hydrogen (secondary N) is 1. The van der Waals surface area contributed by atoms with Crippen LogP contribution >= 0.6 is 0 Å². The van der Waals surface area contributed by atoms with Crippen LogP contribution in [-0.4, -0.2) is 76.1 Å². The summed E-state index contributed by atoms with van der Waals surface area (Å²) < 4.78 is 15.1. The third kappa shape index (κ3) is 6.14. The van der Waals surface area contributed by atoms with Gasteiger partial charge >= 0.3 is 0 Å². The summed E-state index contributed by atoms with van der Waals surface area (Å²) in [5.74, 6) is -1.32. The van der Waals surface area contributed by atoms with Crippen LogP contribution in [0.2, 0.25) is 0 Å². The predicted octanol–water partition coefficient (Wildman–Crippen LogP) is 2.00. The van der Waals surface area contributed by atoms with E-state index in [4.69, 9.17) is 5.73 Å². The topological polar surface area (TPSA) is 114 Å². The number of rotatable bonds is 7. The molecule has 0 radical (unpaired) electrons. The number of carbonyl (C=O) groups excluding carboxylic acids is 3. The van der Waals surface area contributed by atoms with Crippen LogP contribution in [0.4, 0.5) is 4.39 Å². The number of piperazine rings is 1. The van der Waals surface area contributed by atoms with Crippen molar-refractivity contribution in [2.45, 2.75) is 33.4 Å². The number of nitrogens with zero attached hydrogens (tertiary/aromatic N) is 4. The standard InChI is InChI=1S/C27H33FN6O3/c1-27(2,3)24(26(37)33-14-12-32(13-15-33)17-22(29)35)30-25(36)23-20-6-4-5-7-21(20)34(31-23)16-18-8-10-19(28)11-9-18/h4-11,24H,12-17H2,1-3H3,(H2,29,35)(H,30,36)/t24-/m1/s1. The van der Waals surface area contributed by atoms with Gasteiger partial charge in [-0.25, -0.2) is 4.39 Å². The van der Waals surface area contributed by atoms with Gasteiger partial charge in [0, 0.05) is 31.6 Å². The van der Waals surface area contributed by atoms with Crippen molar-refractivity contribution in [2.24, 2.45) is 11.1 Å². The maximum Gasteiger partial charge on any atom is 0.273 e. The van der Waals surface area contributed by atoms with Gasteiger partial charge in [0.2, 0.25) is 11.8 Å². The average Bonchev–Trinajstić information content (AvgIpc) is 3.21. The van der Waals surface area contributed by atoms with Crippen LogP contribution < -0.4 is 11.1 Å². The monoisotopic (exact) mass is 508 g/mol. The molecule has 4 rings (SSSR count). The first-order valence-electron chi connectivity index (χ1n) is 12.3. The highest BCUT2D eigenvalue weighted by molar-refractivity contribution is 6.06. The van der Waals surface area contributed by atoms with E-state index in [-0.39, 0.29) is 24.0 Å². The van der Waals surface area contributed by atoms with E-state index < -0.39 is 23.3 Å². The van der Waals surface area contributed by atoms with Crippen LogP contribution in [0, 0.1) is 11.2 Å². The van der Waals surface area contributed by atoms with Crippen LogP contribution in [-0.2, 0) is 16.1 Å². The molecule has 3 aromatic rings. The molecule has 1 aliphatic heterocycles. The van der Waals surface area contributed by atoms with E-state index in [1.165, 1.54) is 12.1 Å². The van der Waals surface area contributed by atoms with E-state index >= 15 is 0 Å². The second-order valence-corrected chi connectivity index (χ2v) is 10.5. The zero-order chi connectivity index (χ0) is 26.7. The number of amides is 3. The molecule has 2 heterocycles. The molecule has 10 heteroatoms. The third-order valence-corrected chi connectivity index (χ3v) is 6.57. The summed E-state index contributed by atoms with van der Waals surface area (Å²) in [4.78, 5) is 41.9. The fourth-order valence-corrected chi connectivity index (χ4v) is 4.56. The Balaban J connectivity index is 1.54. The Labute approximate surface area is 215 Å². The highest BCUT2D eigenvalue weighted by atomic mass is 19.1. The molecule has 37 heavy (non-hydrogen) atoms. The zero-order valence-corrected chi connectivity index (χ0v) is 21.4. The molecule has 1 aromatic heterocycles. The van der Waals surface area contributed by atoms with Gasteiger partial charge in [-0.05, 0) is 29.2 Å². The summed E-state index contributed by atoms with van der Waals surface area (Å²) in [5.41, 5.74) is 6.58. The van der Waals surface area contributed by atoms with Crippen molar-refractivity contribution >= 4 is 28.6 Å². The van der Waals surface area contributed by atoms with E-state index in [2.05, 4.69) is 10.4 Å². The molecule has 0 saturated carbocycles. The second-order valence-electron chi connectivity index (χ2n) is 10.5. The van der Waals surface area contributed by atoms with Crippen LogP contribution in [0.15, 0.2) is 48.5 Å². The number of aromatic nitrogens is 2. The highest BCUT2D eigenvalue weighted by Gasteiger charge is 2.37. The summed E-state index contributed by atoms with van der Waals surface area (Å²) in [6, 6.07) is 12.8. The molecule has 1 aliphatic rings. The van der Waals surface area contributed by atoms with Gasteiger partial charge < -0.3 is 16.0 Å². The molecule has 1 saturated heterocycles. The number of carbonyl (C=O) groups is 3. The van der Waals surface area contributed by atoms with E-state index in [9.17, 15) is 18.8 Å². The second kappa shape index (κ2) is 10.7. The third-order valence-electron chi connectivity index (χ3n) is 6.57. The molecule has 196 valence electrons. The first-order valence-corrected chi connectivity index (χ1v) is 12.3. The van der Waals surface area contributed by atoms with Gasteiger partial charge in [-0.3, -0.25) is 24.0 Å². The lowest BCUT2D eigenvalue weighted by Crippen LogP contribution is -2.59. The number of hydrogen-bond donors (Lipinski definition) is 2. The summed E-state index contributed by atoms with van der Waals surface area (Å²) in [6.07, 6.45) is 0. The molecule has 0 unspecified atom stereocenters. The Bertz CT molecular complexity index is 1290. The van der Waals surface area contributed by atoms with Crippen molar-refractivity contribution < 1.29 is 18.8 Å². The lowest BCUT2D eigenvalue weighted by Gasteiger charge is -2.39. The van der Waals surface area contributed by atoms with E-state index in [0.717, 1.165) is 11.1 Å². The number of primary amides is 1. The number of benzene rings is 2. The number of nitrogens with two attached hydrogens (primary N) is 1. The van der Waals surface area contributed by atoms with Crippen LogP contribution in [0.5, 0.6) is 0 Å². The summed E-state index contributed by atoms with van der Waals surface area (Å²) >= 11 is 0. The number of para-hydroxylation sites is 1. The Morgan fingerprint density at radius 1 is 1.03 bits per heavy atom. The molecule has 1 atom stereocenters. The Kier molecular flexibility index (Phi) is 7.58. The molecule has 9 nitrogen and oxygen atoms in total. The zero-order valence-electron chi connectivity index (χ0n) is 21.4. The van der Waals surface area contributed by atoms with Crippen molar-refractivity contribution in [3.8, 4) is 0 Å². The van der Waals surface area contributed by atoms with Crippen molar-refractivity contribution in [3.05, 3.63) is 65.6 Å². The number of hydrogen-bond acceptors (Lipinski definition) is 5. The van der Waals surface area contributed by atoms with Crippen molar-refractivity contribution in [2.75, 3.05) is 32.7 Å². The predicted molar refractivity (Wildman–Crippen MR) is 138 cm³/mol. The molecule has 3 N–H and O–H groups in total. The van der Waals surface area contributed by atoms with Gasteiger partial charge in [0.05, 0.1) is 18.6 Å². The van der Waals surface area contributed by atoms with E-state index in [1.54, 1.807) is 21.7 Å². The lowest BCUT2D eigenvalue weighted by atomic mass is 9.85. The minimum Gasteiger partial charge on any atom is -0.369 e. The Hall–Kier alpha value is -3.79. The smallest absolute Gasteiger partial charge is 0.273 e. The molecular weight excluding hydrogens is 475 g/mol. The van der Waals surface area contributed by atoms with Crippen LogP contribution in [0.25, 0.3) is 10.9 Å². The molecule has 0 aliphatic carbocycles. The van der Waals surface area contributed by atoms with Gasteiger partial charge in [0.25, 0.3) is 5.91 Å².